The quantitative estimate of drug-likeness (QED) is 0.792. The Kier molecular flexibility index (Phi) is 3.78. The molecule has 0 aliphatic rings. The highest BCUT2D eigenvalue weighted by atomic mass is 16.4. The Balaban J connectivity index is 2.26. The zero-order valence-corrected chi connectivity index (χ0v) is 9.62. The predicted octanol–water partition coefficient (Wildman–Crippen LogP) is 3.67. The van der Waals surface area contributed by atoms with Crippen molar-refractivity contribution >= 4 is 0 Å². The fraction of sp³-hybridized carbons (Fsp3) is 0.200. The van der Waals surface area contributed by atoms with E-state index in [1.807, 2.05) is 36.4 Å². The fourth-order valence-electron chi connectivity index (χ4n) is 1.98. The lowest BCUT2D eigenvalue weighted by Gasteiger charge is -2.20. The molecular formula is C15H16O2. The molecule has 1 N–H and O–H groups in total. The second-order valence-corrected chi connectivity index (χ2v) is 4.00. The molecule has 0 unspecified atom stereocenters. The Morgan fingerprint density at radius 1 is 1.18 bits per heavy atom. The van der Waals surface area contributed by atoms with Gasteiger partial charge in [0.1, 0.15) is 11.9 Å². The van der Waals surface area contributed by atoms with Crippen molar-refractivity contribution in [2.45, 2.75) is 18.4 Å². The number of aliphatic hydroxyl groups excluding tert-OH is 1. The van der Waals surface area contributed by atoms with E-state index in [0.717, 1.165) is 5.56 Å². The molecule has 2 aromatic rings. The maximum absolute atomic E-state index is 10.3. The molecular weight excluding hydrogens is 212 g/mol. The summed E-state index contributed by atoms with van der Waals surface area (Å²) in [6, 6.07) is 13.5. The fourth-order valence-corrected chi connectivity index (χ4v) is 1.98. The van der Waals surface area contributed by atoms with Gasteiger partial charge in [0.15, 0.2) is 0 Å². The molecule has 0 bridgehead atoms. The second kappa shape index (κ2) is 5.51. The number of rotatable bonds is 5. The molecule has 0 radical (unpaired) electrons. The first kappa shape index (κ1) is 11.7. The molecule has 2 heteroatoms. The van der Waals surface area contributed by atoms with Gasteiger partial charge in [-0.05, 0) is 24.1 Å². The first-order valence-electron chi connectivity index (χ1n) is 5.70. The van der Waals surface area contributed by atoms with E-state index >= 15 is 0 Å². The van der Waals surface area contributed by atoms with Crippen LogP contribution in [-0.4, -0.2) is 5.11 Å². The van der Waals surface area contributed by atoms with Gasteiger partial charge in [0.05, 0.1) is 6.26 Å². The van der Waals surface area contributed by atoms with Crippen molar-refractivity contribution < 1.29 is 9.52 Å². The maximum atomic E-state index is 10.3. The van der Waals surface area contributed by atoms with Gasteiger partial charge in [-0.25, -0.2) is 0 Å². The molecule has 1 heterocycles. The molecule has 1 aromatic carbocycles. The van der Waals surface area contributed by atoms with Crippen molar-refractivity contribution in [3.8, 4) is 0 Å². The van der Waals surface area contributed by atoms with E-state index < -0.39 is 6.10 Å². The number of hydrogen-bond acceptors (Lipinski definition) is 2. The summed E-state index contributed by atoms with van der Waals surface area (Å²) in [5.74, 6) is 0.584. The lowest BCUT2D eigenvalue weighted by atomic mass is 9.89. The summed E-state index contributed by atoms with van der Waals surface area (Å²) in [6.07, 6.45) is 3.48. The molecule has 2 rings (SSSR count). The highest BCUT2D eigenvalue weighted by Crippen LogP contribution is 2.33. The summed E-state index contributed by atoms with van der Waals surface area (Å²) in [4.78, 5) is 0. The number of aliphatic hydroxyl groups is 1. The van der Waals surface area contributed by atoms with Crippen LogP contribution in [0.25, 0.3) is 0 Å². The number of benzene rings is 1. The van der Waals surface area contributed by atoms with Gasteiger partial charge in [-0.2, -0.15) is 0 Å². The molecule has 0 spiro atoms. The molecule has 0 aliphatic heterocycles. The van der Waals surface area contributed by atoms with Crippen LogP contribution in [0, 0.1) is 0 Å². The summed E-state index contributed by atoms with van der Waals surface area (Å²) in [7, 11) is 0. The number of hydrogen-bond donors (Lipinski definition) is 1. The van der Waals surface area contributed by atoms with Gasteiger partial charge in [-0.15, -0.1) is 6.58 Å². The summed E-state index contributed by atoms with van der Waals surface area (Å²) >= 11 is 0. The van der Waals surface area contributed by atoms with Crippen LogP contribution in [0.4, 0.5) is 0 Å². The third kappa shape index (κ3) is 2.66. The van der Waals surface area contributed by atoms with Gasteiger partial charge >= 0.3 is 0 Å². The van der Waals surface area contributed by atoms with Crippen molar-refractivity contribution in [3.63, 3.8) is 0 Å². The van der Waals surface area contributed by atoms with E-state index in [1.165, 1.54) is 0 Å². The van der Waals surface area contributed by atoms with Crippen LogP contribution < -0.4 is 0 Å². The zero-order chi connectivity index (χ0) is 12.1. The normalized spacial score (nSPS) is 14.2. The Labute approximate surface area is 101 Å². The molecule has 88 valence electrons. The first-order chi connectivity index (χ1) is 8.33. The molecule has 0 amide bonds. The van der Waals surface area contributed by atoms with Crippen LogP contribution in [0.3, 0.4) is 0 Å². The molecule has 1 aromatic heterocycles. The Morgan fingerprint density at radius 2 is 1.94 bits per heavy atom. The van der Waals surface area contributed by atoms with Crippen molar-refractivity contribution in [1.82, 2.24) is 0 Å². The highest BCUT2D eigenvalue weighted by molar-refractivity contribution is 5.23. The van der Waals surface area contributed by atoms with Crippen LogP contribution in [0.1, 0.15) is 29.8 Å². The van der Waals surface area contributed by atoms with Crippen LogP contribution in [-0.2, 0) is 0 Å². The molecule has 0 saturated heterocycles. The van der Waals surface area contributed by atoms with Gasteiger partial charge in [-0.1, -0.05) is 36.4 Å². The Hall–Kier alpha value is -1.80. The summed E-state index contributed by atoms with van der Waals surface area (Å²) < 4.78 is 5.26. The average Bonchev–Trinajstić information content (AvgIpc) is 2.90. The minimum absolute atomic E-state index is 0.0140. The summed E-state index contributed by atoms with van der Waals surface area (Å²) in [6.45, 7) is 3.75. The van der Waals surface area contributed by atoms with Gasteiger partial charge in [0.25, 0.3) is 0 Å². The van der Waals surface area contributed by atoms with E-state index in [0.29, 0.717) is 12.2 Å². The molecule has 17 heavy (non-hydrogen) atoms. The molecule has 2 nitrogen and oxygen atoms in total. The highest BCUT2D eigenvalue weighted by Gasteiger charge is 2.23. The topological polar surface area (TPSA) is 33.4 Å². The largest absolute Gasteiger partial charge is 0.467 e. The summed E-state index contributed by atoms with van der Waals surface area (Å²) in [5.41, 5.74) is 1.09. The van der Waals surface area contributed by atoms with Gasteiger partial charge < -0.3 is 9.52 Å². The second-order valence-electron chi connectivity index (χ2n) is 4.00. The van der Waals surface area contributed by atoms with Crippen molar-refractivity contribution in [1.29, 1.82) is 0 Å². The van der Waals surface area contributed by atoms with Crippen LogP contribution in [0.15, 0.2) is 65.8 Å². The first-order valence-corrected chi connectivity index (χ1v) is 5.70. The van der Waals surface area contributed by atoms with E-state index in [4.69, 9.17) is 4.42 Å². The van der Waals surface area contributed by atoms with Gasteiger partial charge in [0.2, 0.25) is 0 Å². The van der Waals surface area contributed by atoms with E-state index in [1.54, 1.807) is 18.4 Å². The lowest BCUT2D eigenvalue weighted by Crippen LogP contribution is -2.09. The molecule has 2 atom stereocenters. The zero-order valence-electron chi connectivity index (χ0n) is 9.62. The van der Waals surface area contributed by atoms with Crippen molar-refractivity contribution in [3.05, 3.63) is 72.7 Å². The van der Waals surface area contributed by atoms with Crippen molar-refractivity contribution in [2.75, 3.05) is 0 Å². The van der Waals surface area contributed by atoms with E-state index in [2.05, 4.69) is 6.58 Å². The van der Waals surface area contributed by atoms with E-state index in [-0.39, 0.29) is 5.92 Å². The molecule has 0 aliphatic carbocycles. The smallest absolute Gasteiger partial charge is 0.132 e. The summed E-state index contributed by atoms with van der Waals surface area (Å²) in [5, 5.41) is 10.3. The van der Waals surface area contributed by atoms with Crippen LogP contribution in [0.5, 0.6) is 0 Å². The SMILES string of the molecule is C=CC[C@@H](c1ccccc1)[C@H](O)c1ccco1. The number of allylic oxidation sites excluding steroid dienone is 1. The predicted molar refractivity (Wildman–Crippen MR) is 67.7 cm³/mol. The standard InChI is InChI=1S/C15H16O2/c1-2-7-13(12-8-4-3-5-9-12)15(16)14-10-6-11-17-14/h2-6,8-11,13,15-16H,1,7H2/t13-,15-/m0/s1. The lowest BCUT2D eigenvalue weighted by molar-refractivity contribution is 0.120. The van der Waals surface area contributed by atoms with E-state index in [9.17, 15) is 5.11 Å². The maximum Gasteiger partial charge on any atom is 0.132 e. The third-order valence-corrected chi connectivity index (χ3v) is 2.86. The minimum atomic E-state index is -0.634. The van der Waals surface area contributed by atoms with Crippen LogP contribution in [0.2, 0.25) is 0 Å². The van der Waals surface area contributed by atoms with Crippen LogP contribution >= 0.6 is 0 Å². The minimum Gasteiger partial charge on any atom is -0.467 e. The Bertz CT molecular complexity index is 445. The molecule has 0 fully saturated rings. The monoisotopic (exact) mass is 228 g/mol. The molecule has 0 saturated carbocycles. The van der Waals surface area contributed by atoms with Gasteiger partial charge in [0, 0.05) is 5.92 Å². The average molecular weight is 228 g/mol. The van der Waals surface area contributed by atoms with Crippen molar-refractivity contribution in [2.24, 2.45) is 0 Å². The van der Waals surface area contributed by atoms with Gasteiger partial charge in [-0.3, -0.25) is 0 Å². The Morgan fingerprint density at radius 3 is 2.53 bits per heavy atom. The number of furan rings is 1. The third-order valence-electron chi connectivity index (χ3n) is 2.86.